The first kappa shape index (κ1) is 33.0. The molecule has 2 aromatic heterocycles. The van der Waals surface area contributed by atoms with Crippen molar-refractivity contribution in [3.63, 3.8) is 0 Å². The standard InChI is InChI=1S/C52H34N4/c1-4-15-35(16-5-1)40-21-12-23-42(33-40)51-54-50(39-19-8-3-9-20-39)55-52(56-51)43-24-13-22-41(34-43)36-29-31-37(32-30-36)44-26-14-27-46-48(44)45-25-10-11-28-47(45)53-49(46)38-17-6-2-7-18-38/h1-34H. The Hall–Kier alpha value is -7.56. The van der Waals surface area contributed by atoms with Gasteiger partial charge in [-0.15, -0.1) is 0 Å². The maximum Gasteiger partial charge on any atom is 0.164 e. The zero-order chi connectivity index (χ0) is 37.3. The Morgan fingerprint density at radius 1 is 0.250 bits per heavy atom. The van der Waals surface area contributed by atoms with Crippen LogP contribution in [0.1, 0.15) is 0 Å². The number of benzene rings is 8. The molecule has 10 rings (SSSR count). The fourth-order valence-corrected chi connectivity index (χ4v) is 7.56. The predicted octanol–water partition coefficient (Wildman–Crippen LogP) is 13.2. The molecule has 8 aromatic carbocycles. The molecule has 0 saturated carbocycles. The normalized spacial score (nSPS) is 11.2. The highest BCUT2D eigenvalue weighted by atomic mass is 15.0. The van der Waals surface area contributed by atoms with Crippen LogP contribution in [0, 0.1) is 0 Å². The Labute approximate surface area is 325 Å². The molecule has 0 bridgehead atoms. The van der Waals surface area contributed by atoms with E-state index in [0.717, 1.165) is 72.1 Å². The maximum atomic E-state index is 5.14. The lowest BCUT2D eigenvalue weighted by molar-refractivity contribution is 1.07. The Balaban J connectivity index is 1.04. The molecule has 0 radical (unpaired) electrons. The monoisotopic (exact) mass is 714 g/mol. The van der Waals surface area contributed by atoms with Gasteiger partial charge in [0.2, 0.25) is 0 Å². The molecule has 0 amide bonds. The van der Waals surface area contributed by atoms with Crippen molar-refractivity contribution >= 4 is 21.7 Å². The first-order chi connectivity index (χ1) is 27.7. The van der Waals surface area contributed by atoms with Gasteiger partial charge in [-0.2, -0.15) is 0 Å². The van der Waals surface area contributed by atoms with Crippen LogP contribution in [0.5, 0.6) is 0 Å². The van der Waals surface area contributed by atoms with Gasteiger partial charge in [0.25, 0.3) is 0 Å². The number of hydrogen-bond donors (Lipinski definition) is 0. The molecule has 56 heavy (non-hydrogen) atoms. The van der Waals surface area contributed by atoms with Crippen LogP contribution in [0.4, 0.5) is 0 Å². The zero-order valence-electron chi connectivity index (χ0n) is 30.4. The quantitative estimate of drug-likeness (QED) is 0.154. The lowest BCUT2D eigenvalue weighted by Gasteiger charge is -2.14. The van der Waals surface area contributed by atoms with E-state index in [4.69, 9.17) is 19.9 Å². The number of aromatic nitrogens is 4. The van der Waals surface area contributed by atoms with E-state index in [-0.39, 0.29) is 0 Å². The molecule has 4 nitrogen and oxygen atoms in total. The van der Waals surface area contributed by atoms with Crippen LogP contribution in [0.3, 0.4) is 0 Å². The first-order valence-electron chi connectivity index (χ1n) is 18.8. The molecule has 4 heteroatoms. The second-order valence-corrected chi connectivity index (χ2v) is 13.8. The topological polar surface area (TPSA) is 51.6 Å². The molecule has 0 aliphatic carbocycles. The maximum absolute atomic E-state index is 5.14. The van der Waals surface area contributed by atoms with Crippen LogP contribution in [0.25, 0.3) is 100 Å². The van der Waals surface area contributed by atoms with Gasteiger partial charge in [0.15, 0.2) is 17.5 Å². The van der Waals surface area contributed by atoms with E-state index in [1.54, 1.807) is 0 Å². The lowest BCUT2D eigenvalue weighted by atomic mass is 9.92. The molecule has 0 spiro atoms. The Bertz CT molecular complexity index is 3000. The smallest absolute Gasteiger partial charge is 0.164 e. The van der Waals surface area contributed by atoms with E-state index in [2.05, 4.69) is 164 Å². The third-order valence-corrected chi connectivity index (χ3v) is 10.3. The summed E-state index contributed by atoms with van der Waals surface area (Å²) in [6.07, 6.45) is 0. The van der Waals surface area contributed by atoms with Crippen molar-refractivity contribution in [1.29, 1.82) is 0 Å². The fourth-order valence-electron chi connectivity index (χ4n) is 7.56. The van der Waals surface area contributed by atoms with Crippen molar-refractivity contribution < 1.29 is 0 Å². The molecule has 0 aliphatic rings. The molecular weight excluding hydrogens is 681 g/mol. The summed E-state index contributed by atoms with van der Waals surface area (Å²) < 4.78 is 0. The molecule has 0 atom stereocenters. The third-order valence-electron chi connectivity index (χ3n) is 10.3. The van der Waals surface area contributed by atoms with Crippen LogP contribution in [-0.4, -0.2) is 19.9 Å². The summed E-state index contributed by atoms with van der Waals surface area (Å²) in [7, 11) is 0. The summed E-state index contributed by atoms with van der Waals surface area (Å²) in [5.41, 5.74) is 12.7. The van der Waals surface area contributed by atoms with Crippen molar-refractivity contribution in [2.24, 2.45) is 0 Å². The highest BCUT2D eigenvalue weighted by molar-refractivity contribution is 6.17. The van der Waals surface area contributed by atoms with Gasteiger partial charge in [0, 0.05) is 38.4 Å². The molecule has 0 aliphatic heterocycles. The fraction of sp³-hybridized carbons (Fsp3) is 0. The summed E-state index contributed by atoms with van der Waals surface area (Å²) >= 11 is 0. The summed E-state index contributed by atoms with van der Waals surface area (Å²) in [5.74, 6) is 1.90. The van der Waals surface area contributed by atoms with Gasteiger partial charge < -0.3 is 0 Å². The van der Waals surface area contributed by atoms with Gasteiger partial charge in [-0.05, 0) is 51.6 Å². The summed E-state index contributed by atoms with van der Waals surface area (Å²) in [6, 6.07) is 71.7. The number of hydrogen-bond acceptors (Lipinski definition) is 4. The zero-order valence-corrected chi connectivity index (χ0v) is 30.4. The van der Waals surface area contributed by atoms with Crippen molar-refractivity contribution in [1.82, 2.24) is 19.9 Å². The molecule has 0 N–H and O–H groups in total. The number of fused-ring (bicyclic) bond motifs is 3. The number of rotatable bonds is 7. The SMILES string of the molecule is c1ccc(-c2cccc(-c3nc(-c4ccccc4)nc(-c4cccc(-c5ccc(-c6cccc7c(-c8ccccc8)nc8ccccc8c67)cc5)c4)n3)c2)cc1. The van der Waals surface area contributed by atoms with Crippen LogP contribution in [0.15, 0.2) is 206 Å². The van der Waals surface area contributed by atoms with E-state index >= 15 is 0 Å². The van der Waals surface area contributed by atoms with Crippen LogP contribution >= 0.6 is 0 Å². The molecule has 0 fully saturated rings. The minimum absolute atomic E-state index is 0.628. The second kappa shape index (κ2) is 14.3. The average Bonchev–Trinajstić information content (AvgIpc) is 3.29. The first-order valence-corrected chi connectivity index (χ1v) is 18.8. The second-order valence-electron chi connectivity index (χ2n) is 13.8. The summed E-state index contributed by atoms with van der Waals surface area (Å²) in [5, 5.41) is 3.50. The van der Waals surface area contributed by atoms with Crippen molar-refractivity contribution in [2.75, 3.05) is 0 Å². The molecule has 2 heterocycles. The third kappa shape index (κ3) is 6.29. The minimum atomic E-state index is 0.628. The Kier molecular flexibility index (Phi) is 8.47. The number of para-hydroxylation sites is 1. The van der Waals surface area contributed by atoms with Gasteiger partial charge in [0.05, 0.1) is 11.2 Å². The van der Waals surface area contributed by atoms with E-state index < -0.39 is 0 Å². The molecule has 0 saturated heterocycles. The van der Waals surface area contributed by atoms with Crippen molar-refractivity contribution in [3.05, 3.63) is 206 Å². The Morgan fingerprint density at radius 3 is 1.30 bits per heavy atom. The van der Waals surface area contributed by atoms with Gasteiger partial charge >= 0.3 is 0 Å². The van der Waals surface area contributed by atoms with Crippen LogP contribution < -0.4 is 0 Å². The highest BCUT2D eigenvalue weighted by Crippen LogP contribution is 2.39. The number of pyridine rings is 1. The largest absolute Gasteiger partial charge is 0.247 e. The van der Waals surface area contributed by atoms with Gasteiger partial charge in [0.1, 0.15) is 0 Å². The Morgan fingerprint density at radius 2 is 0.679 bits per heavy atom. The van der Waals surface area contributed by atoms with E-state index in [1.165, 1.54) is 10.9 Å². The molecule has 10 aromatic rings. The molecular formula is C52H34N4. The van der Waals surface area contributed by atoms with Crippen LogP contribution in [-0.2, 0) is 0 Å². The highest BCUT2D eigenvalue weighted by Gasteiger charge is 2.16. The van der Waals surface area contributed by atoms with Crippen molar-refractivity contribution in [2.45, 2.75) is 0 Å². The van der Waals surface area contributed by atoms with E-state index in [0.29, 0.717) is 17.5 Å². The van der Waals surface area contributed by atoms with Crippen LogP contribution in [0.2, 0.25) is 0 Å². The van der Waals surface area contributed by atoms with Crippen molar-refractivity contribution in [3.8, 4) is 78.8 Å². The summed E-state index contributed by atoms with van der Waals surface area (Å²) in [4.78, 5) is 20.2. The lowest BCUT2D eigenvalue weighted by Crippen LogP contribution is -2.00. The van der Waals surface area contributed by atoms with E-state index in [9.17, 15) is 0 Å². The van der Waals surface area contributed by atoms with Gasteiger partial charge in [-0.25, -0.2) is 19.9 Å². The summed E-state index contributed by atoms with van der Waals surface area (Å²) in [6.45, 7) is 0. The average molecular weight is 715 g/mol. The predicted molar refractivity (Wildman–Crippen MR) is 231 cm³/mol. The van der Waals surface area contributed by atoms with E-state index in [1.807, 2.05) is 42.5 Å². The van der Waals surface area contributed by atoms with Gasteiger partial charge in [-0.1, -0.05) is 188 Å². The molecule has 262 valence electrons. The number of nitrogens with zero attached hydrogens (tertiary/aromatic N) is 4. The minimum Gasteiger partial charge on any atom is -0.247 e. The molecule has 0 unspecified atom stereocenters. The van der Waals surface area contributed by atoms with Gasteiger partial charge in [-0.3, -0.25) is 0 Å².